The molecule has 0 atom stereocenters. The molecule has 0 radical (unpaired) electrons. The topological polar surface area (TPSA) is 56.1 Å². The number of carbonyl (C=O) groups is 1. The molecule has 7 heteroatoms. The highest BCUT2D eigenvalue weighted by molar-refractivity contribution is 7.98. The largest absolute Gasteiger partial charge is 0.293 e. The van der Waals surface area contributed by atoms with Gasteiger partial charge >= 0.3 is 0 Å². The van der Waals surface area contributed by atoms with Gasteiger partial charge in [0.15, 0.2) is 5.16 Å². The third-order valence-corrected chi connectivity index (χ3v) is 4.13. The second-order valence-corrected chi connectivity index (χ2v) is 5.92. The highest BCUT2D eigenvalue weighted by Gasteiger charge is 2.18. The third-order valence-electron chi connectivity index (χ3n) is 3.48. The van der Waals surface area contributed by atoms with Gasteiger partial charge < -0.3 is 0 Å². The van der Waals surface area contributed by atoms with Crippen LogP contribution in [0.15, 0.2) is 66.0 Å². The number of thioether (sulfide) groups is 1. The number of benzene rings is 2. The summed E-state index contributed by atoms with van der Waals surface area (Å²) >= 11 is 1.39. The summed E-state index contributed by atoms with van der Waals surface area (Å²) in [6.45, 7) is 0.257. The van der Waals surface area contributed by atoms with E-state index in [0.29, 0.717) is 16.5 Å². The first-order chi connectivity index (χ1) is 12.2. The summed E-state index contributed by atoms with van der Waals surface area (Å²) in [6.07, 6.45) is 3.33. The fourth-order valence-corrected chi connectivity index (χ4v) is 2.83. The van der Waals surface area contributed by atoms with E-state index in [4.69, 9.17) is 4.84 Å². The van der Waals surface area contributed by atoms with Gasteiger partial charge in [0.05, 0.1) is 12.8 Å². The van der Waals surface area contributed by atoms with Gasteiger partial charge in [-0.2, -0.15) is 0 Å². The van der Waals surface area contributed by atoms with E-state index in [9.17, 15) is 9.18 Å². The number of aromatic nitrogens is 2. The maximum absolute atomic E-state index is 13.2. The van der Waals surface area contributed by atoms with Crippen molar-refractivity contribution in [2.75, 3.05) is 6.26 Å². The van der Waals surface area contributed by atoms with Gasteiger partial charge in [-0.1, -0.05) is 42.1 Å². The van der Waals surface area contributed by atoms with Gasteiger partial charge in [-0.05, 0) is 36.1 Å². The molecule has 0 saturated carbocycles. The molecule has 1 heterocycles. The van der Waals surface area contributed by atoms with Crippen molar-refractivity contribution < 1.29 is 14.0 Å². The zero-order valence-corrected chi connectivity index (χ0v) is 14.3. The van der Waals surface area contributed by atoms with Gasteiger partial charge in [0.2, 0.25) is 0 Å². The van der Waals surface area contributed by atoms with Crippen LogP contribution in [0.1, 0.15) is 16.1 Å². The monoisotopic (exact) mass is 357 g/mol. The minimum atomic E-state index is -0.423. The van der Waals surface area contributed by atoms with Crippen molar-refractivity contribution in [3.05, 3.63) is 77.9 Å². The lowest BCUT2D eigenvalue weighted by atomic mass is 10.2. The molecule has 1 N–H and O–H groups in total. The number of imidazole rings is 1. The first-order valence-corrected chi connectivity index (χ1v) is 8.75. The molecular weight excluding hydrogens is 341 g/mol. The summed E-state index contributed by atoms with van der Waals surface area (Å²) in [4.78, 5) is 22.0. The zero-order chi connectivity index (χ0) is 17.6. The molecule has 2 aromatic carbocycles. The van der Waals surface area contributed by atoms with Gasteiger partial charge in [-0.15, -0.1) is 0 Å². The molecule has 5 nitrogen and oxygen atoms in total. The van der Waals surface area contributed by atoms with Crippen LogP contribution in [0, 0.1) is 5.82 Å². The Kier molecular flexibility index (Phi) is 5.47. The average Bonchev–Trinajstić information content (AvgIpc) is 3.07. The van der Waals surface area contributed by atoms with Gasteiger partial charge in [-0.3, -0.25) is 14.2 Å². The number of nitrogens with zero attached hydrogens (tertiary/aromatic N) is 2. The Labute approximate surface area is 148 Å². The van der Waals surface area contributed by atoms with Crippen LogP contribution in [0.5, 0.6) is 0 Å². The van der Waals surface area contributed by atoms with Crippen LogP contribution in [-0.2, 0) is 11.4 Å². The van der Waals surface area contributed by atoms with Crippen LogP contribution in [0.2, 0.25) is 0 Å². The van der Waals surface area contributed by atoms with Crippen LogP contribution in [-0.4, -0.2) is 21.7 Å². The third kappa shape index (κ3) is 4.07. The Morgan fingerprint density at radius 1 is 1.20 bits per heavy atom. The number of halogens is 1. The number of hydrogen-bond acceptors (Lipinski definition) is 4. The summed E-state index contributed by atoms with van der Waals surface area (Å²) in [6, 6.07) is 15.4. The van der Waals surface area contributed by atoms with E-state index in [1.165, 1.54) is 30.1 Å². The van der Waals surface area contributed by atoms with Gasteiger partial charge in [-0.25, -0.2) is 14.9 Å². The molecule has 0 spiro atoms. The highest BCUT2D eigenvalue weighted by Crippen LogP contribution is 2.22. The average molecular weight is 357 g/mol. The molecule has 1 amide bonds. The van der Waals surface area contributed by atoms with Crippen molar-refractivity contribution in [1.82, 2.24) is 15.0 Å². The van der Waals surface area contributed by atoms with E-state index < -0.39 is 5.91 Å². The van der Waals surface area contributed by atoms with Crippen molar-refractivity contribution in [2.45, 2.75) is 11.8 Å². The SMILES string of the molecule is CSc1ncc(C(=O)NOCc2ccccc2)n1-c1ccc(F)cc1. The Balaban J connectivity index is 1.76. The standard InChI is InChI=1S/C18H16FN3O2S/c1-25-18-20-11-16(22(18)15-9-7-14(19)8-10-15)17(23)21-24-12-13-5-3-2-4-6-13/h2-11H,12H2,1H3,(H,21,23). The molecule has 0 saturated heterocycles. The predicted molar refractivity (Wildman–Crippen MR) is 94.0 cm³/mol. The van der Waals surface area contributed by atoms with Crippen molar-refractivity contribution in [1.29, 1.82) is 0 Å². The Morgan fingerprint density at radius 2 is 1.92 bits per heavy atom. The molecule has 0 unspecified atom stereocenters. The summed E-state index contributed by atoms with van der Waals surface area (Å²) in [5.74, 6) is -0.764. The van der Waals surface area contributed by atoms with Gasteiger partial charge in [0.1, 0.15) is 11.5 Å². The first-order valence-electron chi connectivity index (χ1n) is 7.53. The van der Waals surface area contributed by atoms with Crippen LogP contribution in [0.3, 0.4) is 0 Å². The number of nitrogens with one attached hydrogen (secondary N) is 1. The number of amides is 1. The smallest absolute Gasteiger partial charge is 0.283 e. The summed E-state index contributed by atoms with van der Waals surface area (Å²) in [7, 11) is 0. The molecule has 3 rings (SSSR count). The molecular formula is C18H16FN3O2S. The van der Waals surface area contributed by atoms with E-state index >= 15 is 0 Å². The second kappa shape index (κ2) is 7.96. The molecule has 0 aliphatic rings. The number of hydroxylamine groups is 1. The van der Waals surface area contributed by atoms with Crippen LogP contribution in [0.4, 0.5) is 4.39 Å². The summed E-state index contributed by atoms with van der Waals surface area (Å²) in [5, 5.41) is 0.625. The molecule has 0 fully saturated rings. The number of carbonyl (C=O) groups excluding carboxylic acids is 1. The van der Waals surface area contributed by atoms with Crippen molar-refractivity contribution in [2.24, 2.45) is 0 Å². The maximum atomic E-state index is 13.2. The molecule has 3 aromatic rings. The lowest BCUT2D eigenvalue weighted by Crippen LogP contribution is -2.26. The summed E-state index contributed by atoms with van der Waals surface area (Å²) in [5.41, 5.74) is 4.33. The fourth-order valence-electron chi connectivity index (χ4n) is 2.29. The minimum absolute atomic E-state index is 0.257. The van der Waals surface area contributed by atoms with Crippen LogP contribution in [0.25, 0.3) is 5.69 Å². The molecule has 0 aliphatic carbocycles. The van der Waals surface area contributed by atoms with E-state index in [1.807, 2.05) is 36.6 Å². The van der Waals surface area contributed by atoms with Gasteiger partial charge in [0.25, 0.3) is 5.91 Å². The van der Waals surface area contributed by atoms with E-state index in [0.717, 1.165) is 5.56 Å². The highest BCUT2D eigenvalue weighted by atomic mass is 32.2. The fraction of sp³-hybridized carbons (Fsp3) is 0.111. The lowest BCUT2D eigenvalue weighted by molar-refractivity contribution is 0.0227. The Morgan fingerprint density at radius 3 is 2.60 bits per heavy atom. The van der Waals surface area contributed by atoms with Crippen LogP contribution < -0.4 is 5.48 Å². The van der Waals surface area contributed by atoms with E-state index in [1.54, 1.807) is 16.7 Å². The Hall–Kier alpha value is -2.64. The maximum Gasteiger partial charge on any atom is 0.293 e. The quantitative estimate of drug-likeness (QED) is 0.541. The zero-order valence-electron chi connectivity index (χ0n) is 13.5. The first kappa shape index (κ1) is 17.2. The van der Waals surface area contributed by atoms with Crippen molar-refractivity contribution in [3.63, 3.8) is 0 Å². The van der Waals surface area contributed by atoms with Crippen LogP contribution >= 0.6 is 11.8 Å². The molecule has 128 valence electrons. The van der Waals surface area contributed by atoms with Crippen molar-refractivity contribution in [3.8, 4) is 5.69 Å². The normalized spacial score (nSPS) is 10.6. The predicted octanol–water partition coefficient (Wildman–Crippen LogP) is 3.59. The minimum Gasteiger partial charge on any atom is -0.283 e. The summed E-state index contributed by atoms with van der Waals surface area (Å²) < 4.78 is 14.8. The second-order valence-electron chi connectivity index (χ2n) is 5.15. The van der Waals surface area contributed by atoms with E-state index in [-0.39, 0.29) is 12.4 Å². The molecule has 0 aliphatic heterocycles. The van der Waals surface area contributed by atoms with E-state index in [2.05, 4.69) is 10.5 Å². The van der Waals surface area contributed by atoms with Crippen molar-refractivity contribution >= 4 is 17.7 Å². The molecule has 0 bridgehead atoms. The number of hydrogen-bond donors (Lipinski definition) is 1. The Bertz CT molecular complexity index is 851. The van der Waals surface area contributed by atoms with Gasteiger partial charge in [0, 0.05) is 5.69 Å². The lowest BCUT2D eigenvalue weighted by Gasteiger charge is -2.11. The molecule has 25 heavy (non-hydrogen) atoms. The molecule has 1 aromatic heterocycles. The number of rotatable bonds is 6.